The molecule has 0 atom stereocenters. The Bertz CT molecular complexity index is 1090. The minimum absolute atomic E-state index is 0.122. The van der Waals surface area contributed by atoms with E-state index >= 15 is 0 Å². The molecular formula is C21H19N7O. The van der Waals surface area contributed by atoms with Crippen LogP contribution in [-0.4, -0.2) is 37.2 Å². The molecule has 4 aromatic rings. The Morgan fingerprint density at radius 3 is 2.38 bits per heavy atom. The van der Waals surface area contributed by atoms with Gasteiger partial charge in [-0.15, -0.1) is 0 Å². The van der Waals surface area contributed by atoms with E-state index in [1.54, 1.807) is 35.7 Å². The van der Waals surface area contributed by atoms with E-state index in [-0.39, 0.29) is 12.5 Å². The molecule has 1 amide bonds. The number of nitrogens with one attached hydrogen (secondary N) is 2. The third-order valence-electron chi connectivity index (χ3n) is 4.30. The zero-order valence-corrected chi connectivity index (χ0v) is 15.8. The van der Waals surface area contributed by atoms with Crippen LogP contribution in [0, 0.1) is 0 Å². The molecule has 0 fully saturated rings. The second kappa shape index (κ2) is 8.30. The molecule has 4 rings (SSSR count). The van der Waals surface area contributed by atoms with Gasteiger partial charge in [-0.3, -0.25) is 24.4 Å². The summed E-state index contributed by atoms with van der Waals surface area (Å²) < 4.78 is 1.76. The lowest BCUT2D eigenvalue weighted by atomic mass is 10.2. The minimum atomic E-state index is -0.170. The molecule has 0 spiro atoms. The van der Waals surface area contributed by atoms with Crippen LogP contribution in [0.5, 0.6) is 0 Å². The van der Waals surface area contributed by atoms with Crippen LogP contribution in [0.3, 0.4) is 0 Å². The Morgan fingerprint density at radius 1 is 0.931 bits per heavy atom. The maximum absolute atomic E-state index is 12.2. The Hall–Kier alpha value is -4.07. The first kappa shape index (κ1) is 18.3. The summed E-state index contributed by atoms with van der Waals surface area (Å²) in [5, 5.41) is 10.0. The number of carbonyl (C=O) groups is 1. The first-order valence-corrected chi connectivity index (χ1v) is 9.04. The fourth-order valence-electron chi connectivity index (χ4n) is 2.82. The number of anilines is 2. The molecule has 144 valence electrons. The molecular weight excluding hydrogens is 366 g/mol. The summed E-state index contributed by atoms with van der Waals surface area (Å²) in [5.41, 5.74) is 4.87. The quantitative estimate of drug-likeness (QED) is 0.530. The van der Waals surface area contributed by atoms with E-state index in [0.29, 0.717) is 5.69 Å². The van der Waals surface area contributed by atoms with Gasteiger partial charge in [-0.1, -0.05) is 0 Å². The first-order valence-electron chi connectivity index (χ1n) is 9.04. The fraction of sp³-hybridized carbons (Fsp3) is 0.0952. The van der Waals surface area contributed by atoms with Gasteiger partial charge < -0.3 is 10.6 Å². The van der Waals surface area contributed by atoms with E-state index in [9.17, 15) is 4.79 Å². The second-order valence-electron chi connectivity index (χ2n) is 6.35. The summed E-state index contributed by atoms with van der Waals surface area (Å²) in [6.07, 6.45) is 8.52. The lowest BCUT2D eigenvalue weighted by Gasteiger charge is -2.09. The van der Waals surface area contributed by atoms with E-state index < -0.39 is 0 Å². The number of aromatic nitrogens is 5. The average Bonchev–Trinajstić information content (AvgIpc) is 3.20. The average molecular weight is 385 g/mol. The third-order valence-corrected chi connectivity index (χ3v) is 4.30. The van der Waals surface area contributed by atoms with Crippen molar-refractivity contribution in [1.82, 2.24) is 24.7 Å². The number of pyridine rings is 3. The highest BCUT2D eigenvalue weighted by Gasteiger charge is 2.06. The Morgan fingerprint density at radius 2 is 1.72 bits per heavy atom. The molecule has 8 heteroatoms. The summed E-state index contributed by atoms with van der Waals surface area (Å²) >= 11 is 0. The number of nitrogens with zero attached hydrogens (tertiary/aromatic N) is 5. The number of rotatable bonds is 6. The van der Waals surface area contributed by atoms with Crippen molar-refractivity contribution in [3.8, 4) is 22.6 Å². The number of carbonyl (C=O) groups excluding carboxylic acids is 1. The van der Waals surface area contributed by atoms with E-state index in [4.69, 9.17) is 0 Å². The molecule has 0 saturated heterocycles. The number of hydrogen-bond donors (Lipinski definition) is 2. The molecule has 0 aliphatic rings. The van der Waals surface area contributed by atoms with E-state index in [1.165, 1.54) is 0 Å². The van der Waals surface area contributed by atoms with Gasteiger partial charge >= 0.3 is 0 Å². The number of aryl methyl sites for hydroxylation is 1. The Kier molecular flexibility index (Phi) is 5.24. The van der Waals surface area contributed by atoms with Gasteiger partial charge in [-0.05, 0) is 42.5 Å². The number of hydrogen-bond acceptors (Lipinski definition) is 6. The SMILES string of the molecule is Cn1nccc1-c1ccc(NCC(=O)Nc2ccc(-c3cccnc3)nc2)cn1. The van der Waals surface area contributed by atoms with Crippen molar-refractivity contribution in [1.29, 1.82) is 0 Å². The van der Waals surface area contributed by atoms with Crippen LogP contribution < -0.4 is 10.6 Å². The van der Waals surface area contributed by atoms with Crippen LogP contribution in [-0.2, 0) is 11.8 Å². The maximum atomic E-state index is 12.2. The highest BCUT2D eigenvalue weighted by Crippen LogP contribution is 2.18. The summed E-state index contributed by atoms with van der Waals surface area (Å²) in [7, 11) is 1.87. The maximum Gasteiger partial charge on any atom is 0.243 e. The summed E-state index contributed by atoms with van der Waals surface area (Å²) in [6.45, 7) is 0.122. The monoisotopic (exact) mass is 385 g/mol. The smallest absolute Gasteiger partial charge is 0.243 e. The normalized spacial score (nSPS) is 10.5. The lowest BCUT2D eigenvalue weighted by Crippen LogP contribution is -2.21. The van der Waals surface area contributed by atoms with E-state index in [0.717, 1.165) is 28.3 Å². The molecule has 29 heavy (non-hydrogen) atoms. The lowest BCUT2D eigenvalue weighted by molar-refractivity contribution is -0.114. The predicted molar refractivity (Wildman–Crippen MR) is 111 cm³/mol. The zero-order valence-electron chi connectivity index (χ0n) is 15.8. The van der Waals surface area contributed by atoms with Crippen LogP contribution in [0.15, 0.2) is 73.4 Å². The minimum Gasteiger partial charge on any atom is -0.375 e. The fourth-order valence-corrected chi connectivity index (χ4v) is 2.82. The van der Waals surface area contributed by atoms with Crippen molar-refractivity contribution < 1.29 is 4.79 Å². The summed E-state index contributed by atoms with van der Waals surface area (Å²) in [4.78, 5) is 25.1. The Labute approximate surface area is 167 Å². The zero-order chi connectivity index (χ0) is 20.1. The molecule has 0 unspecified atom stereocenters. The van der Waals surface area contributed by atoms with Crippen molar-refractivity contribution in [2.24, 2.45) is 7.05 Å². The van der Waals surface area contributed by atoms with E-state index in [1.807, 2.05) is 49.5 Å². The van der Waals surface area contributed by atoms with Gasteiger partial charge in [0.25, 0.3) is 0 Å². The summed E-state index contributed by atoms with van der Waals surface area (Å²) in [5.74, 6) is -0.170. The molecule has 4 aromatic heterocycles. The van der Waals surface area contributed by atoms with Gasteiger partial charge in [0.05, 0.1) is 47.4 Å². The van der Waals surface area contributed by atoms with Crippen molar-refractivity contribution in [2.45, 2.75) is 0 Å². The third kappa shape index (κ3) is 4.44. The summed E-state index contributed by atoms with van der Waals surface area (Å²) in [6, 6.07) is 13.1. The Balaban J connectivity index is 1.31. The molecule has 4 heterocycles. The van der Waals surface area contributed by atoms with Gasteiger partial charge in [0.1, 0.15) is 0 Å². The van der Waals surface area contributed by atoms with Gasteiger partial charge in [0.15, 0.2) is 0 Å². The van der Waals surface area contributed by atoms with Crippen molar-refractivity contribution in [3.63, 3.8) is 0 Å². The van der Waals surface area contributed by atoms with Crippen LogP contribution >= 0.6 is 0 Å². The van der Waals surface area contributed by atoms with Crippen LogP contribution in [0.1, 0.15) is 0 Å². The molecule has 0 bridgehead atoms. The molecule has 8 nitrogen and oxygen atoms in total. The van der Waals surface area contributed by atoms with Crippen LogP contribution in [0.25, 0.3) is 22.6 Å². The van der Waals surface area contributed by atoms with Crippen LogP contribution in [0.2, 0.25) is 0 Å². The number of amides is 1. The molecule has 0 saturated carbocycles. The standard InChI is InChI=1S/C21H19N7O/c1-28-20(8-10-26-28)19-7-4-16(12-25-19)23-14-21(29)27-17-5-6-18(24-13-17)15-3-2-9-22-11-15/h2-13,23H,14H2,1H3,(H,27,29). The molecule has 2 N–H and O–H groups in total. The molecule has 0 aliphatic carbocycles. The second-order valence-corrected chi connectivity index (χ2v) is 6.35. The molecule has 0 radical (unpaired) electrons. The molecule has 0 aliphatic heterocycles. The van der Waals surface area contributed by atoms with Gasteiger partial charge in [-0.25, -0.2) is 0 Å². The predicted octanol–water partition coefficient (Wildman–Crippen LogP) is 2.99. The van der Waals surface area contributed by atoms with Crippen molar-refractivity contribution in [2.75, 3.05) is 17.2 Å². The van der Waals surface area contributed by atoms with Crippen LogP contribution in [0.4, 0.5) is 11.4 Å². The van der Waals surface area contributed by atoms with Gasteiger partial charge in [0, 0.05) is 31.2 Å². The van der Waals surface area contributed by atoms with Gasteiger partial charge in [0.2, 0.25) is 5.91 Å². The van der Waals surface area contributed by atoms with E-state index in [2.05, 4.69) is 30.7 Å². The topological polar surface area (TPSA) is 97.6 Å². The first-order chi connectivity index (χ1) is 14.2. The largest absolute Gasteiger partial charge is 0.375 e. The van der Waals surface area contributed by atoms with Gasteiger partial charge in [-0.2, -0.15) is 5.10 Å². The highest BCUT2D eigenvalue weighted by atomic mass is 16.1. The molecule has 0 aromatic carbocycles. The highest BCUT2D eigenvalue weighted by molar-refractivity contribution is 5.93. The van der Waals surface area contributed by atoms with Crippen molar-refractivity contribution >= 4 is 17.3 Å². The van der Waals surface area contributed by atoms with Crippen molar-refractivity contribution in [3.05, 3.63) is 73.4 Å².